The van der Waals surface area contributed by atoms with Gasteiger partial charge >= 0.3 is 0 Å². The second kappa shape index (κ2) is 4.58. The second-order valence-corrected chi connectivity index (χ2v) is 3.13. The van der Waals surface area contributed by atoms with Gasteiger partial charge in [-0.15, -0.1) is 0 Å². The van der Waals surface area contributed by atoms with Crippen LogP contribution in [-0.4, -0.2) is 11.6 Å². The van der Waals surface area contributed by atoms with Crippen LogP contribution in [0.15, 0.2) is 16.6 Å². The molecule has 1 rings (SSSR count). The normalized spacial score (nSPS) is 18.2. The highest BCUT2D eigenvalue weighted by molar-refractivity contribution is 9.10. The van der Waals surface area contributed by atoms with Crippen LogP contribution in [0.3, 0.4) is 0 Å². The van der Waals surface area contributed by atoms with E-state index in [2.05, 4.69) is 21.2 Å². The first kappa shape index (κ1) is 5.32. The molecule has 0 atom stereocenters. The predicted molar refractivity (Wildman–Crippen MR) is 53.1 cm³/mol. The van der Waals surface area contributed by atoms with E-state index in [1.165, 1.54) is 0 Å². The number of aromatic hydroxyl groups is 1. The fraction of sp³-hybridized carbons (Fsp3) is 0.333. The van der Waals surface area contributed by atoms with Crippen molar-refractivity contribution in [3.63, 3.8) is 0 Å². The molecule has 1 aromatic rings. The van der Waals surface area contributed by atoms with Gasteiger partial charge in [0.15, 0.2) is 0 Å². The van der Waals surface area contributed by atoms with E-state index in [1.807, 2.05) is 0 Å². The van der Waals surface area contributed by atoms with Crippen LogP contribution < -0.4 is 5.32 Å². The molecule has 0 fully saturated rings. The van der Waals surface area contributed by atoms with Gasteiger partial charge in [-0.3, -0.25) is 0 Å². The molecule has 0 saturated heterocycles. The van der Waals surface area contributed by atoms with Gasteiger partial charge in [0, 0.05) is 19.0 Å². The van der Waals surface area contributed by atoms with Gasteiger partial charge in [-0.05, 0) is 34.6 Å². The van der Waals surface area contributed by atoms with E-state index in [1.54, 1.807) is 0 Å². The lowest BCUT2D eigenvalue weighted by molar-refractivity contribution is 0.461. The topological polar surface area (TPSA) is 32.3 Å². The van der Waals surface area contributed by atoms with E-state index in [0.717, 1.165) is 12.1 Å². The molecule has 0 unspecified atom stereocenters. The monoisotopic (exact) mass is 252 g/mol. The lowest BCUT2D eigenvalue weighted by atomic mass is 10.2. The molecule has 2 nitrogen and oxygen atoms in total. The summed E-state index contributed by atoms with van der Waals surface area (Å²) in [7, 11) is 0. The Morgan fingerprint density at radius 3 is 3.23 bits per heavy atom. The summed E-state index contributed by atoms with van der Waals surface area (Å²) in [5.41, 5.74) is 0.0584. The Kier molecular flexibility index (Phi) is 1.87. The third-order valence-corrected chi connectivity index (χ3v) is 2.38. The number of halogens is 2. The van der Waals surface area contributed by atoms with Crippen molar-refractivity contribution in [3.8, 4) is 5.75 Å². The van der Waals surface area contributed by atoms with Crippen molar-refractivity contribution in [3.05, 3.63) is 28.0 Å². The van der Waals surface area contributed by atoms with Gasteiger partial charge in [0.2, 0.25) is 0 Å². The molecule has 13 heavy (non-hydrogen) atoms. The van der Waals surface area contributed by atoms with Gasteiger partial charge < -0.3 is 10.4 Å². The van der Waals surface area contributed by atoms with Gasteiger partial charge in [-0.1, -0.05) is 6.85 Å². The zero-order valence-electron chi connectivity index (χ0n) is 11.6. The highest BCUT2D eigenvalue weighted by atomic mass is 79.9. The van der Waals surface area contributed by atoms with Gasteiger partial charge in [0.1, 0.15) is 11.6 Å². The maximum absolute atomic E-state index is 13.2. The van der Waals surface area contributed by atoms with Crippen LogP contribution in [0.1, 0.15) is 19.3 Å². The Labute approximate surface area is 91.9 Å². The minimum Gasteiger partial charge on any atom is -0.508 e. The number of phenols is 1. The van der Waals surface area contributed by atoms with Crippen LogP contribution in [0.2, 0.25) is 0 Å². The summed E-state index contributed by atoms with van der Waals surface area (Å²) >= 11 is 2.91. The zero-order chi connectivity index (χ0) is 14.1. The first-order chi connectivity index (χ1) is 8.06. The van der Waals surface area contributed by atoms with Gasteiger partial charge in [0.05, 0.1) is 4.47 Å². The Morgan fingerprint density at radius 2 is 2.54 bits per heavy atom. The minimum atomic E-state index is -2.86. The molecule has 0 aliphatic heterocycles. The van der Waals surface area contributed by atoms with E-state index < -0.39 is 19.2 Å². The van der Waals surface area contributed by atoms with Gasteiger partial charge in [0.25, 0.3) is 0 Å². The summed E-state index contributed by atoms with van der Waals surface area (Å²) in [5.74, 6) is -0.879. The molecule has 0 heterocycles. The molecule has 0 aliphatic rings. The molecular formula is C9H11BrFNO. The van der Waals surface area contributed by atoms with Crippen molar-refractivity contribution in [2.45, 2.75) is 13.4 Å². The molecular weight excluding hydrogens is 237 g/mol. The first-order valence-corrected chi connectivity index (χ1v) is 4.26. The predicted octanol–water partition coefficient (Wildman–Crippen LogP) is 2.40. The standard InChI is InChI=1S/C9H11BrFNO/c1-2-12-5-6-8(13)4-3-7(11)9(6)10/h3-4,12-13H,2,5H2,1H3/i1D3,2D2. The average Bonchev–Trinajstić information content (AvgIpc) is 2.22. The van der Waals surface area contributed by atoms with Crippen molar-refractivity contribution < 1.29 is 16.4 Å². The number of benzene rings is 1. The molecule has 0 radical (unpaired) electrons. The van der Waals surface area contributed by atoms with E-state index in [9.17, 15) is 9.50 Å². The zero-order valence-corrected chi connectivity index (χ0v) is 8.15. The van der Waals surface area contributed by atoms with Crippen LogP contribution >= 0.6 is 15.9 Å². The number of phenolic OH excluding ortho intramolecular Hbond substituents is 1. The fourth-order valence-corrected chi connectivity index (χ4v) is 1.36. The van der Waals surface area contributed by atoms with Crippen LogP contribution in [0.4, 0.5) is 4.39 Å². The molecule has 1 aromatic carbocycles. The summed E-state index contributed by atoms with van der Waals surface area (Å²) in [6.45, 7) is -5.82. The van der Waals surface area contributed by atoms with Crippen molar-refractivity contribution in [1.82, 2.24) is 5.32 Å². The summed E-state index contributed by atoms with van der Waals surface area (Å²) in [6, 6.07) is 2.16. The van der Waals surface area contributed by atoms with Crippen LogP contribution in [0.25, 0.3) is 0 Å². The van der Waals surface area contributed by atoms with Gasteiger partial charge in [-0.25, -0.2) is 4.39 Å². The lowest BCUT2D eigenvalue weighted by Gasteiger charge is -2.07. The minimum absolute atomic E-state index is 0.0312. The van der Waals surface area contributed by atoms with Crippen LogP contribution in [-0.2, 0) is 6.54 Å². The molecule has 0 aromatic heterocycles. The third-order valence-electron chi connectivity index (χ3n) is 1.52. The molecule has 4 heteroatoms. The lowest BCUT2D eigenvalue weighted by Crippen LogP contribution is -2.12. The van der Waals surface area contributed by atoms with E-state index in [-0.39, 0.29) is 22.3 Å². The largest absolute Gasteiger partial charge is 0.508 e. The summed E-state index contributed by atoms with van der Waals surface area (Å²) < 4.78 is 48.8. The van der Waals surface area contributed by atoms with Crippen molar-refractivity contribution in [2.75, 3.05) is 6.50 Å². The molecule has 72 valence electrons. The van der Waals surface area contributed by atoms with E-state index in [4.69, 9.17) is 6.85 Å². The van der Waals surface area contributed by atoms with Crippen LogP contribution in [0, 0.1) is 5.82 Å². The summed E-state index contributed by atoms with van der Waals surface area (Å²) in [4.78, 5) is 0. The number of nitrogens with one attached hydrogen (secondary N) is 1. The Morgan fingerprint density at radius 1 is 1.77 bits per heavy atom. The first-order valence-electron chi connectivity index (χ1n) is 5.97. The van der Waals surface area contributed by atoms with Crippen LogP contribution in [0.5, 0.6) is 5.75 Å². The smallest absolute Gasteiger partial charge is 0.137 e. The van der Waals surface area contributed by atoms with Gasteiger partial charge in [-0.2, -0.15) is 0 Å². The fourth-order valence-electron chi connectivity index (χ4n) is 0.883. The number of hydrogen-bond donors (Lipinski definition) is 2. The Bertz CT molecular complexity index is 451. The molecule has 0 aliphatic carbocycles. The third kappa shape index (κ3) is 2.42. The number of hydrogen-bond acceptors (Lipinski definition) is 2. The van der Waals surface area contributed by atoms with Crippen molar-refractivity contribution in [1.29, 1.82) is 0 Å². The molecule has 2 N–H and O–H groups in total. The highest BCUT2D eigenvalue weighted by Gasteiger charge is 2.09. The highest BCUT2D eigenvalue weighted by Crippen LogP contribution is 2.28. The van der Waals surface area contributed by atoms with E-state index >= 15 is 0 Å². The average molecular weight is 253 g/mol. The van der Waals surface area contributed by atoms with Crippen molar-refractivity contribution >= 4 is 15.9 Å². The molecule has 0 saturated carbocycles. The summed E-state index contributed by atoms with van der Waals surface area (Å²) in [6.07, 6.45) is 0. The Hall–Kier alpha value is -0.610. The SMILES string of the molecule is [2H]C([2H])([2H])C([2H])([2H])NCc1c(O)ccc(F)c1Br. The number of rotatable bonds is 3. The quantitative estimate of drug-likeness (QED) is 0.866. The second-order valence-electron chi connectivity index (χ2n) is 2.34. The Balaban J connectivity index is 2.91. The molecule has 0 spiro atoms. The molecule has 0 bridgehead atoms. The molecule has 0 amide bonds. The summed E-state index contributed by atoms with van der Waals surface area (Å²) in [5, 5.41) is 11.7. The maximum Gasteiger partial charge on any atom is 0.137 e. The van der Waals surface area contributed by atoms with E-state index in [0.29, 0.717) is 0 Å². The maximum atomic E-state index is 13.2. The van der Waals surface area contributed by atoms with Crippen molar-refractivity contribution in [2.24, 2.45) is 0 Å².